The van der Waals surface area contributed by atoms with E-state index in [0.29, 0.717) is 55.8 Å². The van der Waals surface area contributed by atoms with Crippen LogP contribution < -0.4 is 18.9 Å². The number of hydrogen-bond donors (Lipinski definition) is 1. The van der Waals surface area contributed by atoms with Crippen molar-refractivity contribution in [2.75, 3.05) is 46.2 Å². The number of benzene rings is 3. The summed E-state index contributed by atoms with van der Waals surface area (Å²) in [6, 6.07) is 25.0. The van der Waals surface area contributed by atoms with Crippen LogP contribution in [-0.4, -0.2) is 62.9 Å². The van der Waals surface area contributed by atoms with Crippen molar-refractivity contribution in [1.82, 2.24) is 0 Å². The van der Waals surface area contributed by atoms with E-state index in [4.69, 9.17) is 28.4 Å². The highest BCUT2D eigenvalue weighted by molar-refractivity contribution is 5.68. The normalized spacial score (nSPS) is 15.8. The van der Waals surface area contributed by atoms with Crippen molar-refractivity contribution in [2.45, 2.75) is 31.3 Å². The van der Waals surface area contributed by atoms with Crippen LogP contribution in [0.1, 0.15) is 24.8 Å². The fraction of sp³-hybridized carbons (Fsp3) is 0.387. The molecule has 0 saturated carbocycles. The Balaban J connectivity index is 1.57. The third kappa shape index (κ3) is 9.19. The molecule has 0 unspecified atom stereocenters. The van der Waals surface area contributed by atoms with Gasteiger partial charge in [-0.05, 0) is 55.5 Å². The van der Waals surface area contributed by atoms with E-state index in [2.05, 4.69) is 12.1 Å². The van der Waals surface area contributed by atoms with E-state index in [-0.39, 0.29) is 13.2 Å². The van der Waals surface area contributed by atoms with Crippen LogP contribution in [0, 0.1) is 0 Å². The number of rotatable bonds is 8. The highest BCUT2D eigenvalue weighted by Gasteiger charge is 2.35. The van der Waals surface area contributed by atoms with Crippen molar-refractivity contribution in [3.8, 4) is 23.0 Å². The quantitative estimate of drug-likeness (QED) is 0.394. The van der Waals surface area contributed by atoms with E-state index < -0.39 is 18.2 Å². The Bertz CT molecular complexity index is 1090. The SMILES string of the molecule is O=C(O)COC1(CCCCc2ccccc2)COc2ccccc2OCCOCCOc2ccccc2OC1. The molecule has 1 heterocycles. The second-order valence-electron chi connectivity index (χ2n) is 9.34. The molecule has 208 valence electrons. The molecule has 1 aliphatic rings. The summed E-state index contributed by atoms with van der Waals surface area (Å²) in [6.45, 7) is 1.16. The molecular formula is C31H36O8. The summed E-state index contributed by atoms with van der Waals surface area (Å²) in [5.74, 6) is 1.18. The van der Waals surface area contributed by atoms with Crippen LogP contribution in [-0.2, 0) is 20.7 Å². The van der Waals surface area contributed by atoms with Gasteiger partial charge in [-0.3, -0.25) is 0 Å². The molecule has 1 N–H and O–H groups in total. The van der Waals surface area contributed by atoms with Crippen molar-refractivity contribution >= 4 is 5.97 Å². The fourth-order valence-electron chi connectivity index (χ4n) is 4.30. The van der Waals surface area contributed by atoms with Crippen LogP contribution in [0.15, 0.2) is 78.9 Å². The van der Waals surface area contributed by atoms with E-state index in [9.17, 15) is 9.90 Å². The average Bonchev–Trinajstić information content (AvgIpc) is 2.96. The minimum Gasteiger partial charge on any atom is -0.487 e. The van der Waals surface area contributed by atoms with Gasteiger partial charge >= 0.3 is 5.97 Å². The number of aliphatic carboxylic acids is 1. The van der Waals surface area contributed by atoms with Gasteiger partial charge in [0.1, 0.15) is 38.6 Å². The van der Waals surface area contributed by atoms with Crippen molar-refractivity contribution in [3.63, 3.8) is 0 Å². The fourth-order valence-corrected chi connectivity index (χ4v) is 4.30. The lowest BCUT2D eigenvalue weighted by Gasteiger charge is -2.33. The third-order valence-electron chi connectivity index (χ3n) is 6.34. The van der Waals surface area contributed by atoms with E-state index in [1.807, 2.05) is 66.7 Å². The molecule has 0 saturated heterocycles. The van der Waals surface area contributed by atoms with Crippen molar-refractivity contribution in [1.29, 1.82) is 0 Å². The van der Waals surface area contributed by atoms with Crippen molar-refractivity contribution < 1.29 is 38.3 Å². The van der Waals surface area contributed by atoms with E-state index in [0.717, 1.165) is 19.3 Å². The first-order valence-corrected chi connectivity index (χ1v) is 13.3. The Morgan fingerprint density at radius 1 is 0.692 bits per heavy atom. The summed E-state index contributed by atoms with van der Waals surface area (Å²) in [5, 5.41) is 9.47. The van der Waals surface area contributed by atoms with Crippen LogP contribution in [0.25, 0.3) is 0 Å². The molecule has 4 rings (SSSR count). The molecule has 8 heteroatoms. The largest absolute Gasteiger partial charge is 0.487 e. The maximum Gasteiger partial charge on any atom is 0.329 e. The van der Waals surface area contributed by atoms with Gasteiger partial charge in [0.05, 0.1) is 13.2 Å². The average molecular weight is 537 g/mol. The summed E-state index contributed by atoms with van der Waals surface area (Å²) in [6.07, 6.45) is 3.14. The molecule has 0 aliphatic carbocycles. The first-order valence-electron chi connectivity index (χ1n) is 13.3. The number of para-hydroxylation sites is 4. The van der Waals surface area contributed by atoms with E-state index >= 15 is 0 Å². The molecule has 39 heavy (non-hydrogen) atoms. The van der Waals surface area contributed by atoms with Crippen LogP contribution in [0.5, 0.6) is 23.0 Å². The number of fused-ring (bicyclic) bond motifs is 2. The predicted octanol–water partition coefficient (Wildman–Crippen LogP) is 5.19. The summed E-state index contributed by atoms with van der Waals surface area (Å²) in [7, 11) is 0. The highest BCUT2D eigenvalue weighted by atomic mass is 16.6. The first-order chi connectivity index (χ1) is 19.1. The molecule has 0 radical (unpaired) electrons. The Morgan fingerprint density at radius 3 is 1.74 bits per heavy atom. The summed E-state index contributed by atoms with van der Waals surface area (Å²) < 4.78 is 36.0. The van der Waals surface area contributed by atoms with Crippen LogP contribution >= 0.6 is 0 Å². The monoisotopic (exact) mass is 536 g/mol. The van der Waals surface area contributed by atoms with Crippen LogP contribution in [0.3, 0.4) is 0 Å². The second kappa shape index (κ2) is 15.0. The number of carboxylic acid groups (broad SMARTS) is 1. The van der Waals surface area contributed by atoms with Gasteiger partial charge in [0, 0.05) is 0 Å². The van der Waals surface area contributed by atoms with E-state index in [1.165, 1.54) is 5.56 Å². The van der Waals surface area contributed by atoms with Gasteiger partial charge in [0.25, 0.3) is 0 Å². The minimum absolute atomic E-state index is 0.0749. The Labute approximate surface area is 229 Å². The lowest BCUT2D eigenvalue weighted by atomic mass is 9.96. The standard InChI is InChI=1S/C31H36O8/c32-30(33)22-39-31(17-9-8-12-25-10-2-1-3-11-25)23-37-28-15-6-4-13-26(28)35-20-18-34-19-21-36-27-14-5-7-16-29(27)38-24-31/h1-7,10-11,13-16H,8-9,12,17-24H2,(H,32,33). The molecular weight excluding hydrogens is 500 g/mol. The Kier molecular flexibility index (Phi) is 10.9. The van der Waals surface area contributed by atoms with Gasteiger partial charge in [-0.15, -0.1) is 0 Å². The summed E-state index contributed by atoms with van der Waals surface area (Å²) in [4.78, 5) is 11.6. The smallest absolute Gasteiger partial charge is 0.329 e. The van der Waals surface area contributed by atoms with Gasteiger partial charge in [0.2, 0.25) is 0 Å². The van der Waals surface area contributed by atoms with Gasteiger partial charge in [0.15, 0.2) is 23.0 Å². The molecule has 0 aromatic heterocycles. The number of aryl methyl sites for hydroxylation is 1. The number of carbonyl (C=O) groups is 1. The number of ether oxygens (including phenoxy) is 6. The second-order valence-corrected chi connectivity index (χ2v) is 9.34. The van der Waals surface area contributed by atoms with Crippen LogP contribution in [0.2, 0.25) is 0 Å². The van der Waals surface area contributed by atoms with Gasteiger partial charge in [-0.25, -0.2) is 4.79 Å². The number of unbranched alkanes of at least 4 members (excludes halogenated alkanes) is 1. The highest BCUT2D eigenvalue weighted by Crippen LogP contribution is 2.32. The molecule has 0 atom stereocenters. The molecule has 0 spiro atoms. The zero-order valence-corrected chi connectivity index (χ0v) is 22.1. The molecule has 0 amide bonds. The van der Waals surface area contributed by atoms with Gasteiger partial charge in [-0.2, -0.15) is 0 Å². The third-order valence-corrected chi connectivity index (χ3v) is 6.34. The Morgan fingerprint density at radius 2 is 1.21 bits per heavy atom. The molecule has 3 aromatic rings. The molecule has 0 bridgehead atoms. The number of hydrogen-bond acceptors (Lipinski definition) is 7. The predicted molar refractivity (Wildman–Crippen MR) is 146 cm³/mol. The topological polar surface area (TPSA) is 92.7 Å². The molecule has 3 aromatic carbocycles. The first kappa shape index (κ1) is 28.3. The summed E-state index contributed by atoms with van der Waals surface area (Å²) >= 11 is 0. The zero-order valence-electron chi connectivity index (χ0n) is 22.1. The molecule has 8 nitrogen and oxygen atoms in total. The van der Waals surface area contributed by atoms with Crippen molar-refractivity contribution in [2.24, 2.45) is 0 Å². The zero-order chi connectivity index (χ0) is 27.2. The minimum atomic E-state index is -1.06. The van der Waals surface area contributed by atoms with Gasteiger partial charge in [-0.1, -0.05) is 54.6 Å². The molecule has 0 fully saturated rings. The Hall–Kier alpha value is -3.75. The van der Waals surface area contributed by atoms with Crippen LogP contribution in [0.4, 0.5) is 0 Å². The van der Waals surface area contributed by atoms with Crippen molar-refractivity contribution in [3.05, 3.63) is 84.4 Å². The lowest BCUT2D eigenvalue weighted by molar-refractivity contribution is -0.156. The van der Waals surface area contributed by atoms with Gasteiger partial charge < -0.3 is 33.5 Å². The maximum absolute atomic E-state index is 11.6. The van der Waals surface area contributed by atoms with E-state index in [1.54, 1.807) is 0 Å². The number of carboxylic acids is 1. The maximum atomic E-state index is 11.6. The molecule has 1 aliphatic heterocycles. The lowest BCUT2D eigenvalue weighted by Crippen LogP contribution is -2.46. The summed E-state index contributed by atoms with van der Waals surface area (Å²) in [5.41, 5.74) is 0.222.